The Morgan fingerprint density at radius 2 is 1.34 bits per heavy atom. The summed E-state index contributed by atoms with van der Waals surface area (Å²) in [5.41, 5.74) is 9.75. The van der Waals surface area contributed by atoms with Crippen molar-refractivity contribution in [2.24, 2.45) is 0 Å². The van der Waals surface area contributed by atoms with E-state index in [0.29, 0.717) is 0 Å². The van der Waals surface area contributed by atoms with E-state index in [-0.39, 0.29) is 12.4 Å². The first kappa shape index (κ1) is 25.1. The van der Waals surface area contributed by atoms with Gasteiger partial charge in [-0.2, -0.15) is 0 Å². The second-order valence-corrected chi connectivity index (χ2v) is 9.12. The number of nitrogens with zero attached hydrogens (tertiary/aromatic N) is 1. The molecular weight excluding hydrogens is 454 g/mol. The molecule has 0 amide bonds. The lowest BCUT2D eigenvalue weighted by atomic mass is 9.86. The molecule has 0 unspecified atom stereocenters. The summed E-state index contributed by atoms with van der Waals surface area (Å²) in [5, 5.41) is 0. The van der Waals surface area contributed by atoms with E-state index in [2.05, 4.69) is 77.7 Å². The van der Waals surface area contributed by atoms with Gasteiger partial charge in [0.05, 0.1) is 14.2 Å². The predicted octanol–water partition coefficient (Wildman–Crippen LogP) is 7.14. The lowest BCUT2D eigenvalue weighted by Gasteiger charge is -2.30. The lowest BCUT2D eigenvalue weighted by Crippen LogP contribution is -2.32. The maximum absolute atomic E-state index is 5.46. The fraction of sp³-hybridized carbons (Fsp3) is 0.290. The zero-order chi connectivity index (χ0) is 23.3. The van der Waals surface area contributed by atoms with Crippen LogP contribution in [0.25, 0.3) is 17.7 Å². The summed E-state index contributed by atoms with van der Waals surface area (Å²) in [6.07, 6.45) is 9.01. The Kier molecular flexibility index (Phi) is 8.33. The van der Waals surface area contributed by atoms with E-state index in [1.165, 1.54) is 33.4 Å². The van der Waals surface area contributed by atoms with Crippen LogP contribution in [0.4, 0.5) is 0 Å². The fourth-order valence-electron chi connectivity index (χ4n) is 5.29. The fourth-order valence-corrected chi connectivity index (χ4v) is 5.29. The van der Waals surface area contributed by atoms with Crippen LogP contribution in [0.1, 0.15) is 47.1 Å². The number of hydrogen-bond donors (Lipinski definition) is 0. The van der Waals surface area contributed by atoms with Crippen molar-refractivity contribution in [1.82, 2.24) is 4.90 Å². The number of methoxy groups -OCH3 is 2. The van der Waals surface area contributed by atoms with Crippen LogP contribution in [0.2, 0.25) is 0 Å². The minimum absolute atomic E-state index is 0. The highest BCUT2D eigenvalue weighted by Crippen LogP contribution is 2.38. The van der Waals surface area contributed by atoms with Gasteiger partial charge in [0.1, 0.15) is 0 Å². The summed E-state index contributed by atoms with van der Waals surface area (Å²) < 4.78 is 10.8. The first-order valence-corrected chi connectivity index (χ1v) is 12.3. The van der Waals surface area contributed by atoms with Gasteiger partial charge in [-0.3, -0.25) is 0 Å². The zero-order valence-electron chi connectivity index (χ0n) is 20.6. The maximum atomic E-state index is 5.46. The largest absolute Gasteiger partial charge is 0.493 e. The van der Waals surface area contributed by atoms with E-state index in [9.17, 15) is 0 Å². The normalized spacial score (nSPS) is 15.0. The highest BCUT2D eigenvalue weighted by Gasteiger charge is 2.22. The van der Waals surface area contributed by atoms with Crippen LogP contribution in [0.5, 0.6) is 11.5 Å². The van der Waals surface area contributed by atoms with Gasteiger partial charge >= 0.3 is 0 Å². The first-order valence-electron chi connectivity index (χ1n) is 12.3. The molecule has 3 aromatic rings. The quantitative estimate of drug-likeness (QED) is 0.288. The molecule has 2 aliphatic rings. The third-order valence-corrected chi connectivity index (χ3v) is 7.10. The second-order valence-electron chi connectivity index (χ2n) is 9.12. The molecule has 0 spiro atoms. The summed E-state index contributed by atoms with van der Waals surface area (Å²) in [4.78, 5) is 2.62. The van der Waals surface area contributed by atoms with Gasteiger partial charge in [0.15, 0.2) is 11.5 Å². The van der Waals surface area contributed by atoms with Crippen LogP contribution in [-0.4, -0.2) is 38.8 Å². The van der Waals surface area contributed by atoms with Gasteiger partial charge in [0.2, 0.25) is 0 Å². The number of halogens is 1. The molecule has 3 nitrogen and oxygen atoms in total. The van der Waals surface area contributed by atoms with Gasteiger partial charge in [-0.1, -0.05) is 72.3 Å². The van der Waals surface area contributed by atoms with Crippen molar-refractivity contribution < 1.29 is 9.47 Å². The molecule has 3 aromatic carbocycles. The summed E-state index contributed by atoms with van der Waals surface area (Å²) in [7, 11) is 3.38. The van der Waals surface area contributed by atoms with Crippen LogP contribution < -0.4 is 9.47 Å². The Labute approximate surface area is 215 Å². The average Bonchev–Trinajstić information content (AvgIpc) is 3.06. The number of hydrogen-bond acceptors (Lipinski definition) is 3. The van der Waals surface area contributed by atoms with Crippen LogP contribution in [-0.2, 0) is 6.42 Å². The van der Waals surface area contributed by atoms with Gasteiger partial charge in [-0.25, -0.2) is 0 Å². The molecule has 35 heavy (non-hydrogen) atoms. The SMILES string of the molecule is COc1ccc(CCCN2CCC(=C3c4ccccc4C=Cc4ccccc43)CC2)cc1OC.Cl. The summed E-state index contributed by atoms with van der Waals surface area (Å²) >= 11 is 0. The van der Waals surface area contributed by atoms with Crippen molar-refractivity contribution in [2.75, 3.05) is 33.9 Å². The average molecular weight is 488 g/mol. The van der Waals surface area contributed by atoms with Crippen molar-refractivity contribution in [3.8, 4) is 11.5 Å². The Morgan fingerprint density at radius 3 is 1.94 bits per heavy atom. The molecule has 1 heterocycles. The molecule has 1 aliphatic carbocycles. The number of fused-ring (bicyclic) bond motifs is 2. The first-order chi connectivity index (χ1) is 16.8. The standard InChI is InChI=1S/C31H33NO2.ClH/c1-33-29-16-13-23(22-30(29)34-2)8-7-19-32-20-17-26(18-21-32)31-27-11-5-3-9-24(27)14-15-25-10-4-6-12-28(25)31;/h3-6,9-16,22H,7-8,17-21H2,1-2H3;1H. The van der Waals surface area contributed by atoms with Crippen LogP contribution in [0.15, 0.2) is 72.3 Å². The topological polar surface area (TPSA) is 21.7 Å². The Hall–Kier alpha value is -3.01. The van der Waals surface area contributed by atoms with Gasteiger partial charge in [-0.05, 0) is 77.8 Å². The van der Waals surface area contributed by atoms with Crippen LogP contribution >= 0.6 is 12.4 Å². The number of aryl methyl sites for hydroxylation is 1. The number of piperidine rings is 1. The third-order valence-electron chi connectivity index (χ3n) is 7.10. The van der Waals surface area contributed by atoms with Gasteiger partial charge < -0.3 is 14.4 Å². The van der Waals surface area contributed by atoms with E-state index in [4.69, 9.17) is 9.47 Å². The molecule has 1 aliphatic heterocycles. The molecular formula is C31H34ClNO2. The molecule has 4 heteroatoms. The van der Waals surface area contributed by atoms with Crippen molar-refractivity contribution >= 4 is 30.1 Å². The second kappa shape index (κ2) is 11.6. The van der Waals surface area contributed by atoms with Gasteiger partial charge in [0, 0.05) is 13.1 Å². The Bertz CT molecular complexity index is 1170. The van der Waals surface area contributed by atoms with E-state index < -0.39 is 0 Å². The molecule has 5 rings (SSSR count). The van der Waals surface area contributed by atoms with E-state index >= 15 is 0 Å². The van der Waals surface area contributed by atoms with Crippen molar-refractivity contribution in [1.29, 1.82) is 0 Å². The number of benzene rings is 3. The molecule has 0 aromatic heterocycles. The molecule has 1 saturated heterocycles. The van der Waals surface area contributed by atoms with Crippen molar-refractivity contribution in [2.45, 2.75) is 25.7 Å². The molecule has 1 fully saturated rings. The van der Waals surface area contributed by atoms with Crippen molar-refractivity contribution in [3.63, 3.8) is 0 Å². The Balaban J connectivity index is 0.00000289. The van der Waals surface area contributed by atoms with Crippen molar-refractivity contribution in [3.05, 3.63) is 100 Å². The van der Waals surface area contributed by atoms with Gasteiger partial charge in [0.25, 0.3) is 0 Å². The van der Waals surface area contributed by atoms with E-state index in [1.807, 2.05) is 6.07 Å². The molecule has 182 valence electrons. The minimum atomic E-state index is 0. The van der Waals surface area contributed by atoms with E-state index in [1.54, 1.807) is 19.8 Å². The number of likely N-dealkylation sites (tertiary alicyclic amines) is 1. The zero-order valence-corrected chi connectivity index (χ0v) is 21.4. The summed E-state index contributed by atoms with van der Waals surface area (Å²) in [6, 6.07) is 23.9. The van der Waals surface area contributed by atoms with Crippen LogP contribution in [0, 0.1) is 0 Å². The number of rotatable bonds is 6. The summed E-state index contributed by atoms with van der Waals surface area (Å²) in [5.74, 6) is 1.60. The molecule has 0 saturated carbocycles. The highest BCUT2D eigenvalue weighted by atomic mass is 35.5. The Morgan fingerprint density at radius 1 is 0.743 bits per heavy atom. The molecule has 0 radical (unpaired) electrons. The predicted molar refractivity (Wildman–Crippen MR) is 149 cm³/mol. The van der Waals surface area contributed by atoms with E-state index in [0.717, 1.165) is 56.8 Å². The number of ether oxygens (including phenoxy) is 2. The van der Waals surface area contributed by atoms with Crippen LogP contribution in [0.3, 0.4) is 0 Å². The minimum Gasteiger partial charge on any atom is -0.493 e. The monoisotopic (exact) mass is 487 g/mol. The molecule has 0 atom stereocenters. The molecule has 0 bridgehead atoms. The smallest absolute Gasteiger partial charge is 0.160 e. The van der Waals surface area contributed by atoms with Gasteiger partial charge in [-0.15, -0.1) is 12.4 Å². The summed E-state index contributed by atoms with van der Waals surface area (Å²) in [6.45, 7) is 3.39. The maximum Gasteiger partial charge on any atom is 0.160 e. The lowest BCUT2D eigenvalue weighted by molar-refractivity contribution is 0.254. The highest BCUT2D eigenvalue weighted by molar-refractivity contribution is 5.94. The molecule has 0 N–H and O–H groups in total. The third kappa shape index (κ3) is 5.47.